The summed E-state index contributed by atoms with van der Waals surface area (Å²) in [5.74, 6) is 1.14. The van der Waals surface area contributed by atoms with Crippen LogP contribution >= 0.6 is 0 Å². The van der Waals surface area contributed by atoms with E-state index in [1.165, 1.54) is 5.56 Å². The number of amides is 2. The average molecular weight is 438 g/mol. The first-order valence-corrected chi connectivity index (χ1v) is 11.1. The van der Waals surface area contributed by atoms with Crippen LogP contribution in [0.15, 0.2) is 42.5 Å². The van der Waals surface area contributed by atoms with Gasteiger partial charge in [0.1, 0.15) is 17.5 Å². The molecule has 2 saturated heterocycles. The first kappa shape index (κ1) is 22.1. The van der Waals surface area contributed by atoms with Gasteiger partial charge in [-0.05, 0) is 31.0 Å². The molecule has 2 fully saturated rings. The zero-order valence-corrected chi connectivity index (χ0v) is 19.0. The van der Waals surface area contributed by atoms with Crippen LogP contribution in [-0.2, 0) is 11.3 Å². The van der Waals surface area contributed by atoms with Crippen LogP contribution in [0.4, 0.5) is 0 Å². The van der Waals surface area contributed by atoms with Gasteiger partial charge in [-0.2, -0.15) is 0 Å². The Kier molecular flexibility index (Phi) is 6.65. The summed E-state index contributed by atoms with van der Waals surface area (Å²) in [7, 11) is 3.13. The van der Waals surface area contributed by atoms with E-state index in [0.717, 1.165) is 25.1 Å². The van der Waals surface area contributed by atoms with Crippen LogP contribution in [0.1, 0.15) is 27.9 Å². The van der Waals surface area contributed by atoms with Crippen molar-refractivity contribution >= 4 is 11.8 Å². The molecule has 2 aromatic carbocycles. The fourth-order valence-electron chi connectivity index (χ4n) is 4.59. The van der Waals surface area contributed by atoms with Gasteiger partial charge in [-0.25, -0.2) is 0 Å². The molecule has 2 amide bonds. The second kappa shape index (κ2) is 9.61. The number of ether oxygens (including phenoxy) is 2. The van der Waals surface area contributed by atoms with E-state index >= 15 is 0 Å². The van der Waals surface area contributed by atoms with Gasteiger partial charge in [-0.15, -0.1) is 0 Å². The number of rotatable bonds is 5. The molecular formula is C25H31N3O4. The number of carbonyl (C=O) groups excluding carboxylic acids is 2. The highest BCUT2D eigenvalue weighted by Crippen LogP contribution is 2.25. The standard InChI is InChI=1S/C25H31N3O4/c1-18-6-4-7-19(12-18)16-28-11-10-26-8-5-9-27(17-23(26)25(28)30)24(29)20-13-21(31-2)15-22(14-20)32-3/h4,6-7,12-15,23H,5,8-11,16-17H2,1-3H3. The summed E-state index contributed by atoms with van der Waals surface area (Å²) < 4.78 is 10.6. The molecule has 7 heteroatoms. The molecule has 0 saturated carbocycles. The van der Waals surface area contributed by atoms with Gasteiger partial charge < -0.3 is 19.3 Å². The smallest absolute Gasteiger partial charge is 0.254 e. The van der Waals surface area contributed by atoms with Crippen LogP contribution in [0.5, 0.6) is 11.5 Å². The lowest BCUT2D eigenvalue weighted by molar-refractivity contribution is -0.142. The molecule has 0 aliphatic carbocycles. The molecule has 4 rings (SSSR count). The number of fused-ring (bicyclic) bond motifs is 1. The van der Waals surface area contributed by atoms with Crippen molar-refractivity contribution in [2.24, 2.45) is 0 Å². The van der Waals surface area contributed by atoms with E-state index in [0.29, 0.717) is 43.2 Å². The van der Waals surface area contributed by atoms with Crippen molar-refractivity contribution in [3.63, 3.8) is 0 Å². The summed E-state index contributed by atoms with van der Waals surface area (Å²) in [6.45, 7) is 6.04. The third-order valence-electron chi connectivity index (χ3n) is 6.30. The van der Waals surface area contributed by atoms with Crippen molar-refractivity contribution in [3.05, 3.63) is 59.2 Å². The monoisotopic (exact) mass is 437 g/mol. The number of aryl methyl sites for hydroxylation is 1. The number of piperazine rings is 1. The molecular weight excluding hydrogens is 406 g/mol. The number of methoxy groups -OCH3 is 2. The van der Waals surface area contributed by atoms with Crippen LogP contribution in [0.3, 0.4) is 0 Å². The van der Waals surface area contributed by atoms with E-state index in [9.17, 15) is 9.59 Å². The molecule has 2 aliphatic rings. The van der Waals surface area contributed by atoms with Crippen molar-refractivity contribution < 1.29 is 19.1 Å². The predicted octanol–water partition coefficient (Wildman–Crippen LogP) is 2.57. The minimum Gasteiger partial charge on any atom is -0.497 e. The third kappa shape index (κ3) is 4.72. The number of hydrogen-bond donors (Lipinski definition) is 0. The van der Waals surface area contributed by atoms with E-state index in [1.807, 2.05) is 11.0 Å². The lowest BCUT2D eigenvalue weighted by atomic mass is 10.1. The first-order valence-electron chi connectivity index (χ1n) is 11.1. The molecule has 7 nitrogen and oxygen atoms in total. The Balaban J connectivity index is 1.52. The molecule has 0 N–H and O–H groups in total. The second-order valence-electron chi connectivity index (χ2n) is 8.51. The lowest BCUT2D eigenvalue weighted by Gasteiger charge is -2.40. The minimum absolute atomic E-state index is 0.0979. The normalized spacial score (nSPS) is 19.3. The summed E-state index contributed by atoms with van der Waals surface area (Å²) in [6.07, 6.45) is 0.842. The Morgan fingerprint density at radius 3 is 2.44 bits per heavy atom. The molecule has 0 aromatic heterocycles. The summed E-state index contributed by atoms with van der Waals surface area (Å²) in [4.78, 5) is 32.7. The van der Waals surface area contributed by atoms with Gasteiger partial charge in [0.25, 0.3) is 5.91 Å². The highest BCUT2D eigenvalue weighted by atomic mass is 16.5. The quantitative estimate of drug-likeness (QED) is 0.720. The maximum absolute atomic E-state index is 13.4. The van der Waals surface area contributed by atoms with E-state index < -0.39 is 0 Å². The van der Waals surface area contributed by atoms with Crippen LogP contribution in [-0.4, -0.2) is 79.5 Å². The van der Waals surface area contributed by atoms with Gasteiger partial charge >= 0.3 is 0 Å². The molecule has 32 heavy (non-hydrogen) atoms. The summed E-state index contributed by atoms with van der Waals surface area (Å²) in [6, 6.07) is 13.2. The molecule has 0 bridgehead atoms. The van der Waals surface area contributed by atoms with Gasteiger partial charge in [0.2, 0.25) is 5.91 Å². The lowest BCUT2D eigenvalue weighted by Crippen LogP contribution is -2.59. The van der Waals surface area contributed by atoms with Crippen molar-refractivity contribution in [2.75, 3.05) is 46.9 Å². The maximum Gasteiger partial charge on any atom is 0.254 e. The van der Waals surface area contributed by atoms with Crippen LogP contribution in [0, 0.1) is 6.92 Å². The second-order valence-corrected chi connectivity index (χ2v) is 8.51. The maximum atomic E-state index is 13.4. The van der Waals surface area contributed by atoms with Crippen molar-refractivity contribution in [1.82, 2.24) is 14.7 Å². The van der Waals surface area contributed by atoms with Gasteiger partial charge in [0.05, 0.1) is 14.2 Å². The number of hydrogen-bond acceptors (Lipinski definition) is 5. The molecule has 0 radical (unpaired) electrons. The largest absolute Gasteiger partial charge is 0.497 e. The molecule has 1 atom stereocenters. The third-order valence-corrected chi connectivity index (χ3v) is 6.30. The summed E-state index contributed by atoms with van der Waals surface area (Å²) >= 11 is 0. The molecule has 170 valence electrons. The number of nitrogens with zero attached hydrogens (tertiary/aromatic N) is 3. The van der Waals surface area contributed by atoms with Gasteiger partial charge in [0.15, 0.2) is 0 Å². The van der Waals surface area contributed by atoms with Crippen LogP contribution < -0.4 is 9.47 Å². The van der Waals surface area contributed by atoms with E-state index in [2.05, 4.69) is 30.0 Å². The molecule has 2 heterocycles. The van der Waals surface area contributed by atoms with Crippen molar-refractivity contribution in [1.29, 1.82) is 0 Å². The molecule has 0 spiro atoms. The Morgan fingerprint density at radius 1 is 1.00 bits per heavy atom. The Hall–Kier alpha value is -3.06. The molecule has 2 aliphatic heterocycles. The topological polar surface area (TPSA) is 62.3 Å². The zero-order valence-electron chi connectivity index (χ0n) is 19.0. The fourth-order valence-corrected chi connectivity index (χ4v) is 4.59. The molecule has 1 unspecified atom stereocenters. The van der Waals surface area contributed by atoms with Crippen molar-refractivity contribution in [3.8, 4) is 11.5 Å². The highest BCUT2D eigenvalue weighted by Gasteiger charge is 2.38. The molecule has 2 aromatic rings. The fraction of sp³-hybridized carbons (Fsp3) is 0.440. The van der Waals surface area contributed by atoms with Crippen molar-refractivity contribution in [2.45, 2.75) is 25.9 Å². The van der Waals surface area contributed by atoms with Gasteiger partial charge in [0, 0.05) is 50.9 Å². The Morgan fingerprint density at radius 2 is 1.75 bits per heavy atom. The minimum atomic E-state index is -0.312. The summed E-state index contributed by atoms with van der Waals surface area (Å²) in [5.41, 5.74) is 2.83. The van der Waals surface area contributed by atoms with Crippen LogP contribution in [0.2, 0.25) is 0 Å². The van der Waals surface area contributed by atoms with Gasteiger partial charge in [-0.1, -0.05) is 29.8 Å². The number of benzene rings is 2. The average Bonchev–Trinajstić information content (AvgIpc) is 3.03. The van der Waals surface area contributed by atoms with E-state index in [4.69, 9.17) is 9.47 Å². The van der Waals surface area contributed by atoms with Gasteiger partial charge in [-0.3, -0.25) is 14.5 Å². The number of carbonyl (C=O) groups is 2. The zero-order chi connectivity index (χ0) is 22.7. The highest BCUT2D eigenvalue weighted by molar-refractivity contribution is 5.95. The van der Waals surface area contributed by atoms with Crippen LogP contribution in [0.25, 0.3) is 0 Å². The first-order chi connectivity index (χ1) is 15.5. The van der Waals surface area contributed by atoms with E-state index in [1.54, 1.807) is 37.3 Å². The Labute approximate surface area is 189 Å². The SMILES string of the molecule is COc1cc(OC)cc(C(=O)N2CCCN3CCN(Cc4cccc(C)c4)C(=O)C3C2)c1. The van der Waals surface area contributed by atoms with E-state index in [-0.39, 0.29) is 17.9 Å². The Bertz CT molecular complexity index is 971. The summed E-state index contributed by atoms with van der Waals surface area (Å²) in [5, 5.41) is 0. The predicted molar refractivity (Wildman–Crippen MR) is 122 cm³/mol.